The van der Waals surface area contributed by atoms with Gasteiger partial charge in [0.25, 0.3) is 0 Å². The second-order valence-electron chi connectivity index (χ2n) is 3.71. The van der Waals surface area contributed by atoms with Gasteiger partial charge in [-0.2, -0.15) is 5.10 Å². The average Bonchev–Trinajstić information content (AvgIpc) is 2.73. The monoisotopic (exact) mass is 252 g/mol. The van der Waals surface area contributed by atoms with Crippen LogP contribution in [-0.4, -0.2) is 41.3 Å². The quantitative estimate of drug-likeness (QED) is 0.729. The molecule has 0 unspecified atom stereocenters. The first-order valence-electron chi connectivity index (χ1n) is 5.30. The molecule has 0 aliphatic carbocycles. The molecule has 4 amide bonds. The number of rotatable bonds is 4. The molecule has 1 aromatic rings. The molecule has 0 aromatic carbocycles. The van der Waals surface area contributed by atoms with Crippen LogP contribution >= 0.6 is 0 Å². The van der Waals surface area contributed by atoms with Gasteiger partial charge in [-0.05, 0) is 0 Å². The molecular formula is C10H12N4O4. The highest BCUT2D eigenvalue weighted by Crippen LogP contribution is 2.16. The van der Waals surface area contributed by atoms with Gasteiger partial charge in [-0.3, -0.25) is 19.6 Å². The number of aromatic nitrogens is 2. The van der Waals surface area contributed by atoms with Crippen molar-refractivity contribution < 1.29 is 19.1 Å². The molecule has 0 spiro atoms. The largest absolute Gasteiger partial charge is 0.383 e. The highest BCUT2D eigenvalue weighted by Gasteiger charge is 2.32. The minimum Gasteiger partial charge on any atom is -0.383 e. The van der Waals surface area contributed by atoms with Crippen LogP contribution in [0.25, 0.3) is 0 Å². The van der Waals surface area contributed by atoms with Gasteiger partial charge in [-0.15, -0.1) is 0 Å². The predicted octanol–water partition coefficient (Wildman–Crippen LogP) is -0.498. The van der Waals surface area contributed by atoms with Crippen molar-refractivity contribution in [3.63, 3.8) is 0 Å². The van der Waals surface area contributed by atoms with Gasteiger partial charge in [0, 0.05) is 13.3 Å². The number of imide groups is 2. The van der Waals surface area contributed by atoms with Crippen LogP contribution in [0.4, 0.5) is 10.5 Å². The number of amides is 4. The molecule has 0 saturated carbocycles. The zero-order valence-corrected chi connectivity index (χ0v) is 9.75. The lowest BCUT2D eigenvalue weighted by molar-refractivity contribution is -0.128. The van der Waals surface area contributed by atoms with Gasteiger partial charge in [0.1, 0.15) is 6.42 Å². The van der Waals surface area contributed by atoms with Crippen LogP contribution in [0.2, 0.25) is 0 Å². The maximum atomic E-state index is 11.6. The van der Waals surface area contributed by atoms with E-state index in [9.17, 15) is 14.4 Å². The molecule has 1 aromatic heterocycles. The van der Waals surface area contributed by atoms with Crippen molar-refractivity contribution in [1.82, 2.24) is 15.1 Å². The maximum absolute atomic E-state index is 11.6. The number of anilines is 1. The Bertz CT molecular complexity index is 476. The maximum Gasteiger partial charge on any atom is 0.335 e. The van der Waals surface area contributed by atoms with Gasteiger partial charge >= 0.3 is 6.03 Å². The molecule has 1 saturated heterocycles. The molecular weight excluding hydrogens is 240 g/mol. The Kier molecular flexibility index (Phi) is 3.38. The Morgan fingerprint density at radius 2 is 2.22 bits per heavy atom. The molecule has 2 rings (SSSR count). The molecule has 8 nitrogen and oxygen atoms in total. The Labute approximate surface area is 102 Å². The summed E-state index contributed by atoms with van der Waals surface area (Å²) >= 11 is 0. The van der Waals surface area contributed by atoms with Crippen LogP contribution in [0, 0.1) is 0 Å². The summed E-state index contributed by atoms with van der Waals surface area (Å²) < 4.78 is 6.44. The summed E-state index contributed by atoms with van der Waals surface area (Å²) in [5.41, 5.74) is 0.334. The number of nitrogens with zero attached hydrogens (tertiary/aromatic N) is 3. The van der Waals surface area contributed by atoms with E-state index in [1.54, 1.807) is 18.0 Å². The van der Waals surface area contributed by atoms with Crippen molar-refractivity contribution in [2.24, 2.45) is 0 Å². The molecule has 18 heavy (non-hydrogen) atoms. The van der Waals surface area contributed by atoms with Crippen molar-refractivity contribution in [2.75, 3.05) is 18.6 Å². The molecule has 0 bridgehead atoms. The van der Waals surface area contributed by atoms with Gasteiger partial charge in [-0.25, -0.2) is 9.69 Å². The summed E-state index contributed by atoms with van der Waals surface area (Å²) in [6.07, 6.45) is 2.60. The zero-order valence-electron chi connectivity index (χ0n) is 9.75. The van der Waals surface area contributed by atoms with E-state index < -0.39 is 17.8 Å². The summed E-state index contributed by atoms with van der Waals surface area (Å²) in [5.74, 6) is -1.15. The molecule has 0 radical (unpaired) electrons. The summed E-state index contributed by atoms with van der Waals surface area (Å²) in [5, 5.41) is 6.07. The van der Waals surface area contributed by atoms with E-state index in [0.29, 0.717) is 18.8 Å². The van der Waals surface area contributed by atoms with Gasteiger partial charge in [0.2, 0.25) is 11.8 Å². The zero-order chi connectivity index (χ0) is 13.1. The number of carbonyl (C=O) groups is 3. The first-order valence-corrected chi connectivity index (χ1v) is 5.30. The first kappa shape index (κ1) is 12.2. The third kappa shape index (κ3) is 2.38. The average molecular weight is 252 g/mol. The Morgan fingerprint density at radius 3 is 2.89 bits per heavy atom. The third-order valence-electron chi connectivity index (χ3n) is 2.41. The molecule has 0 atom stereocenters. The summed E-state index contributed by atoms with van der Waals surface area (Å²) in [6, 6.07) is -0.748. The molecule has 96 valence electrons. The number of nitrogens with one attached hydrogen (secondary N) is 1. The van der Waals surface area contributed by atoms with Crippen molar-refractivity contribution in [1.29, 1.82) is 0 Å². The normalized spacial score (nSPS) is 16.1. The summed E-state index contributed by atoms with van der Waals surface area (Å²) in [4.78, 5) is 35.1. The number of hydrogen-bond acceptors (Lipinski definition) is 5. The van der Waals surface area contributed by atoms with Crippen molar-refractivity contribution in [3.8, 4) is 0 Å². The fourth-order valence-corrected chi connectivity index (χ4v) is 1.59. The van der Waals surface area contributed by atoms with Gasteiger partial charge in [0.15, 0.2) is 0 Å². The summed E-state index contributed by atoms with van der Waals surface area (Å²) in [6.45, 7) is 0.985. The van der Waals surface area contributed by atoms with Crippen LogP contribution < -0.4 is 10.2 Å². The summed E-state index contributed by atoms with van der Waals surface area (Å²) in [7, 11) is 1.57. The number of barbiturate groups is 1. The number of carbonyl (C=O) groups excluding carboxylic acids is 3. The number of methoxy groups -OCH3 is 1. The number of ether oxygens (including phenoxy) is 1. The van der Waals surface area contributed by atoms with Crippen molar-refractivity contribution in [2.45, 2.75) is 13.0 Å². The molecule has 2 heterocycles. The number of hydrogen-bond donors (Lipinski definition) is 1. The smallest absolute Gasteiger partial charge is 0.335 e. The van der Waals surface area contributed by atoms with Crippen LogP contribution in [-0.2, 0) is 20.9 Å². The van der Waals surface area contributed by atoms with Crippen LogP contribution in [0.3, 0.4) is 0 Å². The Balaban J connectivity index is 2.15. The second-order valence-corrected chi connectivity index (χ2v) is 3.71. The lowest BCUT2D eigenvalue weighted by atomic mass is 10.3. The molecule has 1 aliphatic rings. The number of urea groups is 1. The fourth-order valence-electron chi connectivity index (χ4n) is 1.59. The Hall–Kier alpha value is -2.22. The van der Waals surface area contributed by atoms with E-state index in [-0.39, 0.29) is 6.42 Å². The van der Waals surface area contributed by atoms with Crippen molar-refractivity contribution >= 4 is 23.5 Å². The van der Waals surface area contributed by atoms with E-state index in [1.807, 2.05) is 0 Å². The highest BCUT2D eigenvalue weighted by molar-refractivity contribution is 6.26. The van der Waals surface area contributed by atoms with Gasteiger partial charge in [-0.1, -0.05) is 0 Å². The molecule has 1 N–H and O–H groups in total. The highest BCUT2D eigenvalue weighted by atomic mass is 16.5. The lowest BCUT2D eigenvalue weighted by Crippen LogP contribution is -2.52. The van der Waals surface area contributed by atoms with E-state index >= 15 is 0 Å². The standard InChI is InChI=1S/C10H12N4O4/c1-18-3-2-13-6-7(5-11-13)14-9(16)4-8(15)12-10(14)17/h5-6H,2-4H2,1H3,(H,12,15,17). The van der Waals surface area contributed by atoms with Crippen LogP contribution in [0.15, 0.2) is 12.4 Å². The van der Waals surface area contributed by atoms with E-state index in [2.05, 4.69) is 10.4 Å². The van der Waals surface area contributed by atoms with E-state index in [0.717, 1.165) is 4.90 Å². The fraction of sp³-hybridized carbons (Fsp3) is 0.400. The predicted molar refractivity (Wildman–Crippen MR) is 59.7 cm³/mol. The Morgan fingerprint density at radius 1 is 1.44 bits per heavy atom. The van der Waals surface area contributed by atoms with E-state index in [4.69, 9.17) is 4.74 Å². The van der Waals surface area contributed by atoms with Crippen LogP contribution in [0.5, 0.6) is 0 Å². The molecule has 1 aliphatic heterocycles. The molecule has 8 heteroatoms. The topological polar surface area (TPSA) is 93.5 Å². The van der Waals surface area contributed by atoms with Crippen molar-refractivity contribution in [3.05, 3.63) is 12.4 Å². The minimum absolute atomic E-state index is 0.334. The van der Waals surface area contributed by atoms with E-state index in [1.165, 1.54) is 6.20 Å². The van der Waals surface area contributed by atoms with Crippen LogP contribution in [0.1, 0.15) is 6.42 Å². The lowest BCUT2D eigenvalue weighted by Gasteiger charge is -2.22. The second kappa shape index (κ2) is 4.96. The minimum atomic E-state index is -0.748. The van der Waals surface area contributed by atoms with Gasteiger partial charge in [0.05, 0.1) is 25.0 Å². The SMILES string of the molecule is COCCn1cc(N2C(=O)CC(=O)NC2=O)cn1. The molecule has 1 fully saturated rings. The third-order valence-corrected chi connectivity index (χ3v) is 2.41. The first-order chi connectivity index (χ1) is 8.61. The van der Waals surface area contributed by atoms with Gasteiger partial charge < -0.3 is 4.74 Å².